The summed E-state index contributed by atoms with van der Waals surface area (Å²) in [6.07, 6.45) is 9.93. The van der Waals surface area contributed by atoms with Crippen LogP contribution in [0.3, 0.4) is 0 Å². The summed E-state index contributed by atoms with van der Waals surface area (Å²) >= 11 is 1.85. The molecule has 0 radical (unpaired) electrons. The molecular weight excluding hydrogens is 268 g/mol. The summed E-state index contributed by atoms with van der Waals surface area (Å²) in [5.41, 5.74) is 7.49. The summed E-state index contributed by atoms with van der Waals surface area (Å²) in [7, 11) is 0. The number of fused-ring (bicyclic) bond motifs is 3. The zero-order chi connectivity index (χ0) is 13.5. The van der Waals surface area contributed by atoms with Gasteiger partial charge in [0.1, 0.15) is 17.0 Å². The molecule has 5 heteroatoms. The lowest BCUT2D eigenvalue weighted by Gasteiger charge is -2.27. The molecule has 4 nitrogen and oxygen atoms in total. The Morgan fingerprint density at radius 1 is 1.15 bits per heavy atom. The van der Waals surface area contributed by atoms with Gasteiger partial charge in [0.05, 0.1) is 5.39 Å². The van der Waals surface area contributed by atoms with Gasteiger partial charge in [0, 0.05) is 17.0 Å². The zero-order valence-corrected chi connectivity index (χ0v) is 12.4. The number of rotatable bonds is 2. The normalized spacial score (nSPS) is 25.9. The zero-order valence-electron chi connectivity index (χ0n) is 11.6. The van der Waals surface area contributed by atoms with E-state index in [-0.39, 0.29) is 0 Å². The molecule has 3 N–H and O–H groups in total. The average Bonchev–Trinajstić information content (AvgIpc) is 3.02. The van der Waals surface area contributed by atoms with Crippen LogP contribution in [0.5, 0.6) is 0 Å². The average molecular weight is 288 g/mol. The summed E-state index contributed by atoms with van der Waals surface area (Å²) in [5.74, 6) is 1.05. The van der Waals surface area contributed by atoms with E-state index in [0.29, 0.717) is 12.1 Å². The van der Waals surface area contributed by atoms with E-state index >= 15 is 0 Å². The van der Waals surface area contributed by atoms with E-state index in [1.807, 2.05) is 11.3 Å². The van der Waals surface area contributed by atoms with Gasteiger partial charge < -0.3 is 11.1 Å². The van der Waals surface area contributed by atoms with Crippen LogP contribution in [0, 0.1) is 0 Å². The molecule has 0 bridgehead atoms. The number of anilines is 1. The van der Waals surface area contributed by atoms with Crippen molar-refractivity contribution in [1.29, 1.82) is 0 Å². The summed E-state index contributed by atoms with van der Waals surface area (Å²) < 4.78 is 0. The van der Waals surface area contributed by atoms with Crippen LogP contribution in [0.15, 0.2) is 6.33 Å². The Hall–Kier alpha value is -1.20. The van der Waals surface area contributed by atoms with Gasteiger partial charge in [0.25, 0.3) is 0 Å². The fraction of sp³-hybridized carbons (Fsp3) is 0.600. The number of aromatic nitrogens is 2. The lowest BCUT2D eigenvalue weighted by Crippen LogP contribution is -2.33. The molecule has 2 heterocycles. The highest BCUT2D eigenvalue weighted by atomic mass is 32.1. The third-order valence-corrected chi connectivity index (χ3v) is 5.81. The Labute approximate surface area is 122 Å². The van der Waals surface area contributed by atoms with Crippen LogP contribution in [-0.4, -0.2) is 22.1 Å². The van der Waals surface area contributed by atoms with Crippen molar-refractivity contribution in [1.82, 2.24) is 9.97 Å². The first-order valence-electron chi connectivity index (χ1n) is 7.58. The van der Waals surface area contributed by atoms with Crippen molar-refractivity contribution in [2.45, 2.75) is 57.0 Å². The molecule has 2 aromatic rings. The maximum absolute atomic E-state index is 5.99. The van der Waals surface area contributed by atoms with E-state index in [2.05, 4.69) is 15.3 Å². The molecule has 20 heavy (non-hydrogen) atoms. The molecule has 0 saturated heterocycles. The van der Waals surface area contributed by atoms with Crippen LogP contribution >= 0.6 is 11.3 Å². The van der Waals surface area contributed by atoms with Crippen molar-refractivity contribution in [3.05, 3.63) is 16.8 Å². The Morgan fingerprint density at radius 2 is 2.00 bits per heavy atom. The first kappa shape index (κ1) is 12.5. The molecule has 2 aromatic heterocycles. The molecule has 0 amide bonds. The molecule has 106 valence electrons. The van der Waals surface area contributed by atoms with Crippen LogP contribution in [0.1, 0.15) is 42.5 Å². The molecule has 2 aliphatic rings. The number of aryl methyl sites for hydroxylation is 2. The number of nitrogens with two attached hydrogens (primary N) is 1. The van der Waals surface area contributed by atoms with Gasteiger partial charge in [0.2, 0.25) is 0 Å². The summed E-state index contributed by atoms with van der Waals surface area (Å²) in [6, 6.07) is 0.911. The Balaban J connectivity index is 1.66. The molecule has 0 aromatic carbocycles. The summed E-state index contributed by atoms with van der Waals surface area (Å²) in [5, 5.41) is 4.95. The maximum Gasteiger partial charge on any atom is 0.138 e. The van der Waals surface area contributed by atoms with E-state index in [4.69, 9.17) is 5.73 Å². The molecular formula is C15H20N4S. The largest absolute Gasteiger partial charge is 0.367 e. The lowest BCUT2D eigenvalue weighted by molar-refractivity contribution is 0.410. The van der Waals surface area contributed by atoms with E-state index in [9.17, 15) is 0 Å². The van der Waals surface area contributed by atoms with Gasteiger partial charge in [-0.1, -0.05) is 0 Å². The predicted molar refractivity (Wildman–Crippen MR) is 83.3 cm³/mol. The van der Waals surface area contributed by atoms with Crippen molar-refractivity contribution in [2.75, 3.05) is 5.32 Å². The molecule has 4 rings (SSSR count). The van der Waals surface area contributed by atoms with Crippen molar-refractivity contribution in [3.8, 4) is 0 Å². The van der Waals surface area contributed by atoms with E-state index in [1.165, 1.54) is 35.1 Å². The topological polar surface area (TPSA) is 63.8 Å². The van der Waals surface area contributed by atoms with Crippen molar-refractivity contribution >= 4 is 27.4 Å². The van der Waals surface area contributed by atoms with Crippen molar-refractivity contribution in [2.24, 2.45) is 5.73 Å². The molecule has 1 saturated carbocycles. The van der Waals surface area contributed by atoms with Gasteiger partial charge in [-0.15, -0.1) is 11.3 Å². The summed E-state index contributed by atoms with van der Waals surface area (Å²) in [6.45, 7) is 0. The smallest absolute Gasteiger partial charge is 0.138 e. The molecule has 0 atom stereocenters. The number of nitrogens with zero attached hydrogens (tertiary/aromatic N) is 2. The minimum atomic E-state index is 0.392. The molecule has 2 aliphatic carbocycles. The van der Waals surface area contributed by atoms with E-state index in [1.54, 1.807) is 6.33 Å². The fourth-order valence-corrected chi connectivity index (χ4v) is 4.72. The van der Waals surface area contributed by atoms with Crippen LogP contribution in [0.4, 0.5) is 5.82 Å². The molecule has 0 spiro atoms. The minimum absolute atomic E-state index is 0.392. The molecule has 0 unspecified atom stereocenters. The Kier molecular flexibility index (Phi) is 3.11. The second-order valence-electron chi connectivity index (χ2n) is 6.02. The first-order chi connectivity index (χ1) is 9.81. The highest BCUT2D eigenvalue weighted by Gasteiger charge is 2.23. The van der Waals surface area contributed by atoms with Crippen LogP contribution < -0.4 is 11.1 Å². The number of hydrogen-bond acceptors (Lipinski definition) is 5. The standard InChI is InChI=1S/C15H20N4S/c16-9-4-6-10(7-5-9)19-14-13-11-2-1-3-12(11)20-15(13)18-8-17-14/h8-10H,1-7,16H2,(H,17,18,19)/t9-,10-. The highest BCUT2D eigenvalue weighted by molar-refractivity contribution is 7.19. The molecule has 1 fully saturated rings. The third kappa shape index (κ3) is 2.09. The van der Waals surface area contributed by atoms with Crippen LogP contribution in [0.2, 0.25) is 0 Å². The second kappa shape index (κ2) is 4.97. The number of thiophene rings is 1. The second-order valence-corrected chi connectivity index (χ2v) is 7.10. The van der Waals surface area contributed by atoms with Gasteiger partial charge in [-0.05, 0) is 50.5 Å². The summed E-state index contributed by atoms with van der Waals surface area (Å²) in [4.78, 5) is 11.7. The minimum Gasteiger partial charge on any atom is -0.367 e. The van der Waals surface area contributed by atoms with Crippen LogP contribution in [0.25, 0.3) is 10.2 Å². The fourth-order valence-electron chi connectivity index (χ4n) is 3.49. The quantitative estimate of drug-likeness (QED) is 0.892. The number of nitrogens with one attached hydrogen (secondary N) is 1. The first-order valence-corrected chi connectivity index (χ1v) is 8.40. The van der Waals surface area contributed by atoms with Gasteiger partial charge in [0.15, 0.2) is 0 Å². The van der Waals surface area contributed by atoms with E-state index in [0.717, 1.165) is 36.3 Å². The lowest BCUT2D eigenvalue weighted by atomic mass is 9.92. The predicted octanol–water partition coefficient (Wildman–Crippen LogP) is 2.86. The van der Waals surface area contributed by atoms with Crippen LogP contribution in [-0.2, 0) is 12.8 Å². The van der Waals surface area contributed by atoms with Crippen molar-refractivity contribution < 1.29 is 0 Å². The number of hydrogen-bond donors (Lipinski definition) is 2. The molecule has 0 aliphatic heterocycles. The SMILES string of the molecule is N[C@H]1CC[C@H](Nc2ncnc3sc4c(c23)CCC4)CC1. The van der Waals surface area contributed by atoms with Crippen molar-refractivity contribution in [3.63, 3.8) is 0 Å². The van der Waals surface area contributed by atoms with Gasteiger partial charge >= 0.3 is 0 Å². The van der Waals surface area contributed by atoms with Gasteiger partial charge in [-0.2, -0.15) is 0 Å². The van der Waals surface area contributed by atoms with E-state index < -0.39 is 0 Å². The Morgan fingerprint density at radius 3 is 2.85 bits per heavy atom. The highest BCUT2D eigenvalue weighted by Crippen LogP contribution is 2.39. The maximum atomic E-state index is 5.99. The Bertz CT molecular complexity index is 628. The third-order valence-electron chi connectivity index (χ3n) is 4.61. The van der Waals surface area contributed by atoms with Gasteiger partial charge in [-0.25, -0.2) is 9.97 Å². The monoisotopic (exact) mass is 288 g/mol. The van der Waals surface area contributed by atoms with Gasteiger partial charge in [-0.3, -0.25) is 0 Å².